The molecule has 2 saturated heterocycles. The molecule has 1 aromatic carbocycles. The highest BCUT2D eigenvalue weighted by Crippen LogP contribution is 2.69. The number of para-hydroxylation sites is 1. The summed E-state index contributed by atoms with van der Waals surface area (Å²) in [7, 11) is 0. The van der Waals surface area contributed by atoms with E-state index in [2.05, 4.69) is 80.1 Å². The standard InChI is InChI=1S/C23H34N3OPS/c1-22(2,3)27-28(29)21-19(24-26(28)18-12-8-6-9-13-18)16-23(4,5)17-20(21)25-14-10-7-11-15-25/h6,8-9,12-13,16,24H,7,10-11,14-15,17H2,1-5H3/t28-/m0/s1. The Labute approximate surface area is 181 Å². The molecule has 4 rings (SSSR count). The van der Waals surface area contributed by atoms with Crippen molar-refractivity contribution in [3.63, 3.8) is 0 Å². The van der Waals surface area contributed by atoms with Crippen LogP contribution in [0, 0.1) is 5.41 Å². The smallest absolute Gasteiger partial charge is 0.208 e. The van der Waals surface area contributed by atoms with Crippen molar-refractivity contribution in [2.24, 2.45) is 5.41 Å². The summed E-state index contributed by atoms with van der Waals surface area (Å²) >= 11 is 6.46. The van der Waals surface area contributed by atoms with Crippen LogP contribution >= 0.6 is 6.42 Å². The third kappa shape index (κ3) is 4.15. The fourth-order valence-electron chi connectivity index (χ4n) is 4.53. The minimum absolute atomic E-state index is 0.0905. The summed E-state index contributed by atoms with van der Waals surface area (Å²) in [5, 5.41) is 1.24. The van der Waals surface area contributed by atoms with E-state index in [0.717, 1.165) is 30.9 Å². The van der Waals surface area contributed by atoms with Gasteiger partial charge in [0.1, 0.15) is 0 Å². The van der Waals surface area contributed by atoms with Crippen molar-refractivity contribution in [2.45, 2.75) is 65.9 Å². The van der Waals surface area contributed by atoms with Crippen LogP contribution in [0.1, 0.15) is 60.3 Å². The molecule has 1 aromatic rings. The Morgan fingerprint density at radius 1 is 1.07 bits per heavy atom. The lowest BCUT2D eigenvalue weighted by atomic mass is 9.82. The number of benzene rings is 1. The maximum absolute atomic E-state index is 6.78. The van der Waals surface area contributed by atoms with Gasteiger partial charge < -0.3 is 9.42 Å². The van der Waals surface area contributed by atoms with Crippen molar-refractivity contribution in [1.29, 1.82) is 0 Å². The highest BCUT2D eigenvalue weighted by Gasteiger charge is 2.48. The highest BCUT2D eigenvalue weighted by atomic mass is 32.4. The third-order valence-electron chi connectivity index (χ3n) is 5.59. The number of nitrogens with one attached hydrogen (secondary N) is 1. The zero-order valence-electron chi connectivity index (χ0n) is 18.4. The van der Waals surface area contributed by atoms with E-state index < -0.39 is 6.42 Å². The molecule has 4 nitrogen and oxygen atoms in total. The van der Waals surface area contributed by atoms with Crippen molar-refractivity contribution >= 4 is 23.9 Å². The van der Waals surface area contributed by atoms with Crippen LogP contribution in [0.25, 0.3) is 0 Å². The molecule has 158 valence electrons. The van der Waals surface area contributed by atoms with Crippen LogP contribution in [0.2, 0.25) is 0 Å². The number of hydrogen-bond donors (Lipinski definition) is 1. The second-order valence-corrected chi connectivity index (χ2v) is 13.6. The van der Waals surface area contributed by atoms with Gasteiger partial charge in [0.2, 0.25) is 6.42 Å². The molecule has 1 N–H and O–H groups in total. The second-order valence-electron chi connectivity index (χ2n) is 10.0. The molecule has 0 saturated carbocycles. The summed E-state index contributed by atoms with van der Waals surface area (Å²) in [5.74, 6) is 0. The van der Waals surface area contributed by atoms with Gasteiger partial charge in [-0.15, -0.1) is 0 Å². The molecule has 2 heterocycles. The first-order valence-corrected chi connectivity index (χ1v) is 13.4. The Hall–Kier alpha value is -1.29. The minimum Gasteiger partial charge on any atom is -0.374 e. The summed E-state index contributed by atoms with van der Waals surface area (Å²) in [4.78, 5) is 2.59. The first-order chi connectivity index (χ1) is 13.6. The molecule has 0 amide bonds. The largest absolute Gasteiger partial charge is 0.374 e. The van der Waals surface area contributed by atoms with Crippen LogP contribution in [-0.2, 0) is 16.3 Å². The molecule has 0 unspecified atom stereocenters. The topological polar surface area (TPSA) is 27.7 Å². The van der Waals surface area contributed by atoms with Gasteiger partial charge in [0, 0.05) is 18.8 Å². The molecule has 0 aromatic heterocycles. The van der Waals surface area contributed by atoms with Gasteiger partial charge in [0.25, 0.3) is 0 Å². The number of rotatable bonds is 3. The first-order valence-electron chi connectivity index (χ1n) is 10.7. The predicted octanol–water partition coefficient (Wildman–Crippen LogP) is 6.15. The SMILES string of the molecule is CC1(C)C=C2NN(c3ccccc3)[P@](=S)(OC(C)(C)C)C2=C(N2CCCCC2)C1. The van der Waals surface area contributed by atoms with Gasteiger partial charge in [-0.05, 0) is 75.8 Å². The van der Waals surface area contributed by atoms with Crippen LogP contribution in [0.3, 0.4) is 0 Å². The number of likely N-dealkylation sites (tertiary alicyclic amines) is 1. The third-order valence-corrected chi connectivity index (χ3v) is 9.57. The molecule has 6 heteroatoms. The number of piperidine rings is 1. The van der Waals surface area contributed by atoms with Crippen LogP contribution in [0.5, 0.6) is 0 Å². The zero-order chi connectivity index (χ0) is 20.9. The van der Waals surface area contributed by atoms with Gasteiger partial charge >= 0.3 is 0 Å². The summed E-state index contributed by atoms with van der Waals surface area (Å²) in [5.41, 5.74) is 7.07. The van der Waals surface area contributed by atoms with Crippen molar-refractivity contribution < 1.29 is 4.52 Å². The molecule has 0 radical (unpaired) electrons. The Balaban J connectivity index is 1.90. The maximum Gasteiger partial charge on any atom is 0.208 e. The van der Waals surface area contributed by atoms with Crippen LogP contribution in [0.4, 0.5) is 5.69 Å². The summed E-state index contributed by atoms with van der Waals surface area (Å²) in [6.07, 6.45) is 4.72. The normalized spacial score (nSPS) is 26.9. The van der Waals surface area contributed by atoms with E-state index in [1.165, 1.54) is 30.3 Å². The minimum atomic E-state index is -2.51. The average Bonchev–Trinajstić information content (AvgIpc) is 2.91. The lowest BCUT2D eigenvalue weighted by Gasteiger charge is -2.40. The number of hydrazine groups is 1. The Morgan fingerprint density at radius 3 is 2.34 bits per heavy atom. The van der Waals surface area contributed by atoms with Crippen molar-refractivity contribution in [2.75, 3.05) is 17.9 Å². The number of anilines is 1. The van der Waals surface area contributed by atoms with Gasteiger partial charge in [-0.2, -0.15) is 0 Å². The maximum atomic E-state index is 6.78. The predicted molar refractivity (Wildman–Crippen MR) is 126 cm³/mol. The lowest BCUT2D eigenvalue weighted by molar-refractivity contribution is 0.150. The Bertz CT molecular complexity index is 879. The molecule has 0 spiro atoms. The van der Waals surface area contributed by atoms with E-state index in [9.17, 15) is 0 Å². The van der Waals surface area contributed by atoms with Crippen LogP contribution in [-0.4, -0.2) is 23.6 Å². The van der Waals surface area contributed by atoms with E-state index >= 15 is 0 Å². The Morgan fingerprint density at radius 2 is 1.72 bits per heavy atom. The van der Waals surface area contributed by atoms with Gasteiger partial charge in [0.15, 0.2) is 0 Å². The first kappa shape index (κ1) is 21.0. The summed E-state index contributed by atoms with van der Waals surface area (Å²) < 4.78 is 8.93. The number of nitrogens with zero attached hydrogens (tertiary/aromatic N) is 2. The second kappa shape index (κ2) is 7.44. The molecule has 1 aliphatic carbocycles. The lowest BCUT2D eigenvalue weighted by Crippen LogP contribution is -2.34. The van der Waals surface area contributed by atoms with Crippen molar-refractivity contribution in [3.8, 4) is 0 Å². The molecule has 0 bridgehead atoms. The molecular weight excluding hydrogens is 397 g/mol. The van der Waals surface area contributed by atoms with E-state index in [1.807, 2.05) is 6.07 Å². The molecule has 3 aliphatic rings. The molecule has 1 atom stereocenters. The van der Waals surface area contributed by atoms with E-state index in [-0.39, 0.29) is 11.0 Å². The van der Waals surface area contributed by atoms with Gasteiger partial charge in [-0.3, -0.25) is 5.43 Å². The monoisotopic (exact) mass is 431 g/mol. The van der Waals surface area contributed by atoms with Gasteiger partial charge in [-0.1, -0.05) is 38.1 Å². The fraction of sp³-hybridized carbons (Fsp3) is 0.565. The highest BCUT2D eigenvalue weighted by molar-refractivity contribution is 8.15. The Kier molecular flexibility index (Phi) is 5.38. The van der Waals surface area contributed by atoms with Gasteiger partial charge in [-0.25, -0.2) is 4.78 Å². The summed E-state index contributed by atoms with van der Waals surface area (Å²) in [6, 6.07) is 10.4. The van der Waals surface area contributed by atoms with E-state index in [0.29, 0.717) is 0 Å². The molecule has 2 fully saturated rings. The van der Waals surface area contributed by atoms with Crippen LogP contribution < -0.4 is 10.2 Å². The van der Waals surface area contributed by atoms with Crippen LogP contribution in [0.15, 0.2) is 53.1 Å². The van der Waals surface area contributed by atoms with Crippen molar-refractivity contribution in [3.05, 3.63) is 53.1 Å². The van der Waals surface area contributed by atoms with E-state index in [1.54, 1.807) is 0 Å². The fourth-order valence-corrected chi connectivity index (χ4v) is 8.98. The van der Waals surface area contributed by atoms with E-state index in [4.69, 9.17) is 16.3 Å². The van der Waals surface area contributed by atoms with Crippen molar-refractivity contribution in [1.82, 2.24) is 10.3 Å². The quantitative estimate of drug-likeness (QED) is 0.580. The number of allylic oxidation sites excluding steroid dienone is 3. The number of fused-ring (bicyclic) bond motifs is 1. The van der Waals surface area contributed by atoms with Gasteiger partial charge in [0.05, 0.1) is 22.3 Å². The molecule has 2 aliphatic heterocycles. The molecular formula is C23H34N3OPS. The summed E-state index contributed by atoms with van der Waals surface area (Å²) in [6.45, 7) is 13.2. The zero-order valence-corrected chi connectivity index (χ0v) is 20.1. The molecule has 29 heavy (non-hydrogen) atoms. The average molecular weight is 432 g/mol. The number of hydrogen-bond acceptors (Lipinski definition) is 4.